The number of hydrogen-bond donors (Lipinski definition) is 2. The number of aromatic nitrogens is 1. The first kappa shape index (κ1) is 28.1. The van der Waals surface area contributed by atoms with Gasteiger partial charge in [-0.2, -0.15) is 0 Å². The molecule has 2 N–H and O–H groups in total. The summed E-state index contributed by atoms with van der Waals surface area (Å²) in [7, 11) is 1.74. The van der Waals surface area contributed by atoms with Crippen molar-refractivity contribution in [2.45, 2.75) is 71.5 Å². The van der Waals surface area contributed by atoms with Crippen molar-refractivity contribution in [3.8, 4) is 0 Å². The molecule has 0 aliphatic carbocycles. The first-order valence-electron chi connectivity index (χ1n) is 13.4. The number of carbonyl (C=O) groups excluding carboxylic acids is 2. The van der Waals surface area contributed by atoms with E-state index in [-0.39, 0.29) is 29.7 Å². The third-order valence-electron chi connectivity index (χ3n) is 7.28. The highest BCUT2D eigenvalue weighted by Gasteiger charge is 2.50. The van der Waals surface area contributed by atoms with Crippen LogP contribution in [-0.4, -0.2) is 39.8 Å². The Morgan fingerprint density at radius 3 is 2.49 bits per heavy atom. The van der Waals surface area contributed by atoms with Crippen LogP contribution < -0.4 is 5.32 Å². The lowest BCUT2D eigenvalue weighted by Crippen LogP contribution is -2.44. The van der Waals surface area contributed by atoms with E-state index in [9.17, 15) is 9.59 Å². The highest BCUT2D eigenvalue weighted by Crippen LogP contribution is 2.36. The van der Waals surface area contributed by atoms with E-state index in [0.29, 0.717) is 30.1 Å². The smallest absolute Gasteiger partial charge is 0.260 e. The van der Waals surface area contributed by atoms with E-state index in [0.717, 1.165) is 23.1 Å². The predicted octanol–water partition coefficient (Wildman–Crippen LogP) is 5.44. The van der Waals surface area contributed by atoms with Gasteiger partial charge in [-0.3, -0.25) is 19.9 Å². The fourth-order valence-corrected chi connectivity index (χ4v) is 5.09. The molecular formula is C31H39N5O3. The molecule has 39 heavy (non-hydrogen) atoms. The Labute approximate surface area is 230 Å². The molecule has 206 valence electrons. The van der Waals surface area contributed by atoms with Gasteiger partial charge in [-0.1, -0.05) is 82.2 Å². The maximum atomic E-state index is 14.0. The first-order chi connectivity index (χ1) is 18.4. The molecule has 4 rings (SSSR count). The van der Waals surface area contributed by atoms with E-state index >= 15 is 0 Å². The molecule has 1 aromatic heterocycles. The van der Waals surface area contributed by atoms with E-state index in [1.165, 1.54) is 11.2 Å². The number of nitrogens with one attached hydrogen (secondary N) is 2. The van der Waals surface area contributed by atoms with Crippen molar-refractivity contribution in [1.29, 1.82) is 5.41 Å². The number of rotatable bonds is 9. The van der Waals surface area contributed by atoms with Crippen LogP contribution in [0.25, 0.3) is 0 Å². The van der Waals surface area contributed by atoms with Crippen molar-refractivity contribution in [2.24, 2.45) is 5.92 Å². The molecule has 0 saturated carbocycles. The lowest BCUT2D eigenvalue weighted by atomic mass is 9.82. The van der Waals surface area contributed by atoms with E-state index in [1.54, 1.807) is 18.0 Å². The second-order valence-corrected chi connectivity index (χ2v) is 11.9. The Kier molecular flexibility index (Phi) is 7.95. The fraction of sp³-hybridized carbons (Fsp3) is 0.419. The zero-order valence-corrected chi connectivity index (χ0v) is 23.7. The Morgan fingerprint density at radius 2 is 1.87 bits per heavy atom. The summed E-state index contributed by atoms with van der Waals surface area (Å²) >= 11 is 0. The molecule has 8 heteroatoms. The SMILES string of the molecule is CC(C)CC[C@]1(c2ccccc2)NC(=N)N(Cc2ccc(C(C)(C)C)c(C(=O)N(C)Cc3ccon3)c2)C1=O. The Morgan fingerprint density at radius 1 is 1.15 bits per heavy atom. The average Bonchev–Trinajstić information content (AvgIpc) is 3.49. The lowest BCUT2D eigenvalue weighted by molar-refractivity contribution is -0.132. The van der Waals surface area contributed by atoms with Gasteiger partial charge in [0.15, 0.2) is 5.96 Å². The van der Waals surface area contributed by atoms with Gasteiger partial charge in [0.05, 0.1) is 13.1 Å². The fourth-order valence-electron chi connectivity index (χ4n) is 5.09. The largest absolute Gasteiger partial charge is 0.364 e. The first-order valence-corrected chi connectivity index (χ1v) is 13.4. The summed E-state index contributed by atoms with van der Waals surface area (Å²) in [6.45, 7) is 11.0. The maximum absolute atomic E-state index is 14.0. The summed E-state index contributed by atoms with van der Waals surface area (Å²) in [6, 6.07) is 17.2. The summed E-state index contributed by atoms with van der Waals surface area (Å²) in [5, 5.41) is 15.9. The minimum Gasteiger partial charge on any atom is -0.364 e. The third-order valence-corrected chi connectivity index (χ3v) is 7.28. The number of amides is 2. The zero-order chi connectivity index (χ0) is 28.4. The van der Waals surface area contributed by atoms with Crippen molar-refractivity contribution in [3.05, 3.63) is 88.8 Å². The van der Waals surface area contributed by atoms with Gasteiger partial charge in [0.2, 0.25) is 0 Å². The molecular weight excluding hydrogens is 490 g/mol. The van der Waals surface area contributed by atoms with Gasteiger partial charge in [0.1, 0.15) is 17.5 Å². The van der Waals surface area contributed by atoms with Gasteiger partial charge in [-0.25, -0.2) is 0 Å². The number of hydrogen-bond acceptors (Lipinski definition) is 5. The van der Waals surface area contributed by atoms with Crippen molar-refractivity contribution < 1.29 is 14.1 Å². The van der Waals surface area contributed by atoms with Gasteiger partial charge in [0, 0.05) is 18.7 Å². The summed E-state index contributed by atoms with van der Waals surface area (Å²) in [5.41, 5.74) is 2.55. The highest BCUT2D eigenvalue weighted by molar-refractivity contribution is 6.08. The molecule has 1 atom stereocenters. The third kappa shape index (κ3) is 5.90. The van der Waals surface area contributed by atoms with E-state index in [2.05, 4.69) is 45.1 Å². The van der Waals surface area contributed by atoms with Crippen LogP contribution >= 0.6 is 0 Å². The normalized spacial score (nSPS) is 17.6. The quantitative estimate of drug-likeness (QED) is 0.384. The molecule has 0 bridgehead atoms. The lowest BCUT2D eigenvalue weighted by Gasteiger charge is -2.29. The zero-order valence-electron chi connectivity index (χ0n) is 23.7. The topological polar surface area (TPSA) is 103 Å². The van der Waals surface area contributed by atoms with Crippen LogP contribution in [0.15, 0.2) is 65.4 Å². The van der Waals surface area contributed by atoms with Crippen LogP contribution in [-0.2, 0) is 28.8 Å². The van der Waals surface area contributed by atoms with Gasteiger partial charge in [0.25, 0.3) is 11.8 Å². The molecule has 2 aromatic carbocycles. The summed E-state index contributed by atoms with van der Waals surface area (Å²) in [6.07, 6.45) is 2.92. The number of nitrogens with zero attached hydrogens (tertiary/aromatic N) is 3. The van der Waals surface area contributed by atoms with Crippen molar-refractivity contribution >= 4 is 17.8 Å². The van der Waals surface area contributed by atoms with Crippen LogP contribution in [0.3, 0.4) is 0 Å². The minimum absolute atomic E-state index is 0.0727. The Hall–Kier alpha value is -3.94. The molecule has 0 spiro atoms. The van der Waals surface area contributed by atoms with Crippen molar-refractivity contribution in [3.63, 3.8) is 0 Å². The summed E-state index contributed by atoms with van der Waals surface area (Å²) in [4.78, 5) is 30.8. The van der Waals surface area contributed by atoms with Crippen LogP contribution in [0.1, 0.15) is 80.2 Å². The summed E-state index contributed by atoms with van der Waals surface area (Å²) in [5.74, 6) is 0.205. The van der Waals surface area contributed by atoms with E-state index < -0.39 is 5.54 Å². The monoisotopic (exact) mass is 529 g/mol. The van der Waals surface area contributed by atoms with Crippen LogP contribution in [0.5, 0.6) is 0 Å². The van der Waals surface area contributed by atoms with E-state index in [4.69, 9.17) is 9.93 Å². The molecule has 0 unspecified atom stereocenters. The number of carbonyl (C=O) groups is 2. The molecule has 8 nitrogen and oxygen atoms in total. The maximum Gasteiger partial charge on any atom is 0.260 e. The summed E-state index contributed by atoms with van der Waals surface area (Å²) < 4.78 is 4.92. The number of benzene rings is 2. The van der Waals surface area contributed by atoms with Gasteiger partial charge in [-0.05, 0) is 46.9 Å². The van der Waals surface area contributed by atoms with E-state index in [1.807, 2.05) is 48.5 Å². The Bertz CT molecular complexity index is 1330. The second-order valence-electron chi connectivity index (χ2n) is 11.9. The predicted molar refractivity (Wildman–Crippen MR) is 151 cm³/mol. The van der Waals surface area contributed by atoms with Crippen LogP contribution in [0.4, 0.5) is 0 Å². The highest BCUT2D eigenvalue weighted by atomic mass is 16.5. The molecule has 1 fully saturated rings. The molecule has 0 radical (unpaired) electrons. The Balaban J connectivity index is 1.65. The minimum atomic E-state index is -0.982. The molecule has 1 aliphatic rings. The standard InChI is InChI=1S/C31H39N5O3/c1-21(2)14-16-31(23-10-8-7-9-11-23)28(38)36(29(32)33-31)19-22-12-13-26(30(3,4)5)25(18-22)27(37)35(6)20-24-15-17-39-34-24/h7-13,15,17-18,21H,14,16,19-20H2,1-6H3,(H2,32,33)/t31-/m1/s1. The van der Waals surface area contributed by atoms with Gasteiger partial charge >= 0.3 is 0 Å². The van der Waals surface area contributed by atoms with Gasteiger partial charge in [-0.15, -0.1) is 0 Å². The van der Waals surface area contributed by atoms with Crippen molar-refractivity contribution in [1.82, 2.24) is 20.3 Å². The number of guanidine groups is 1. The van der Waals surface area contributed by atoms with Crippen molar-refractivity contribution in [2.75, 3.05) is 7.05 Å². The molecule has 1 aliphatic heterocycles. The molecule has 3 aromatic rings. The molecule has 1 saturated heterocycles. The van der Waals surface area contributed by atoms with Crippen LogP contribution in [0.2, 0.25) is 0 Å². The average molecular weight is 530 g/mol. The van der Waals surface area contributed by atoms with Gasteiger partial charge < -0.3 is 14.7 Å². The molecule has 2 amide bonds. The second kappa shape index (κ2) is 11.0. The van der Waals surface area contributed by atoms with Crippen LogP contribution in [0, 0.1) is 11.3 Å². The molecule has 2 heterocycles.